The lowest BCUT2D eigenvalue weighted by atomic mass is 9.79. The van der Waals surface area contributed by atoms with Gasteiger partial charge >= 0.3 is 0 Å². The van der Waals surface area contributed by atoms with Crippen molar-refractivity contribution in [1.29, 1.82) is 0 Å². The summed E-state index contributed by atoms with van der Waals surface area (Å²) in [6, 6.07) is 4.61. The van der Waals surface area contributed by atoms with Gasteiger partial charge in [0.1, 0.15) is 0 Å². The maximum atomic E-state index is 12.7. The highest BCUT2D eigenvalue weighted by molar-refractivity contribution is 7.23. The Kier molecular flexibility index (Phi) is 4.32. The van der Waals surface area contributed by atoms with Gasteiger partial charge in [-0.2, -0.15) is 0 Å². The molecule has 0 aromatic carbocycles. The fraction of sp³-hybridized carbons (Fsp3) is 0.529. The van der Waals surface area contributed by atoms with E-state index < -0.39 is 0 Å². The van der Waals surface area contributed by atoms with Crippen molar-refractivity contribution < 1.29 is 9.53 Å². The van der Waals surface area contributed by atoms with E-state index in [4.69, 9.17) is 4.74 Å². The molecule has 2 aromatic rings. The second kappa shape index (κ2) is 6.46. The number of methoxy groups -OCH3 is 1. The molecule has 24 heavy (non-hydrogen) atoms. The summed E-state index contributed by atoms with van der Waals surface area (Å²) in [5, 5.41) is 3.93. The number of hydrogen-bond donors (Lipinski definition) is 1. The van der Waals surface area contributed by atoms with Crippen LogP contribution in [0.2, 0.25) is 0 Å². The van der Waals surface area contributed by atoms with E-state index in [1.54, 1.807) is 13.3 Å². The van der Waals surface area contributed by atoms with Gasteiger partial charge in [-0.15, -0.1) is 11.3 Å². The van der Waals surface area contributed by atoms with Crippen LogP contribution in [0.4, 0.5) is 0 Å². The quantitative estimate of drug-likeness (QED) is 0.907. The van der Waals surface area contributed by atoms with Gasteiger partial charge in [0.2, 0.25) is 0 Å². The van der Waals surface area contributed by atoms with Gasteiger partial charge in [-0.25, -0.2) is 4.98 Å². The van der Waals surface area contributed by atoms with Gasteiger partial charge in [-0.05, 0) is 50.9 Å². The monoisotopic (exact) mass is 363 g/mol. The van der Waals surface area contributed by atoms with Crippen LogP contribution < -0.4 is 10.1 Å². The molecule has 5 nitrogen and oxygen atoms in total. The van der Waals surface area contributed by atoms with Crippen LogP contribution in [0.15, 0.2) is 18.3 Å². The number of rotatable bonds is 4. The Morgan fingerprint density at radius 3 is 2.75 bits per heavy atom. The molecule has 5 rings (SSSR count). The minimum atomic E-state index is 0.0494. The van der Waals surface area contributed by atoms with Crippen molar-refractivity contribution in [3.63, 3.8) is 0 Å². The minimum absolute atomic E-state index is 0.0494. The Bertz CT molecular complexity index is 732. The topological polar surface area (TPSA) is 54.5 Å². The van der Waals surface area contributed by atoms with Gasteiger partial charge in [-0.3, -0.25) is 9.69 Å². The molecule has 2 bridgehead atoms. The summed E-state index contributed by atoms with van der Waals surface area (Å²) < 4.78 is 5.14. The second-order valence-corrected chi connectivity index (χ2v) is 8.55. The third-order valence-electron chi connectivity index (χ3n) is 5.21. The second-order valence-electron chi connectivity index (χ2n) is 6.47. The number of nitrogens with zero attached hydrogens (tertiary/aromatic N) is 2. The van der Waals surface area contributed by atoms with Crippen LogP contribution in [-0.2, 0) is 0 Å². The lowest BCUT2D eigenvalue weighted by molar-refractivity contribution is 0.0218. The first kappa shape index (κ1) is 16.1. The molecule has 128 valence electrons. The SMILES string of the molecule is COc1ncc(-c2ccc(C(=O)N[C@@H]3C4CCN(CC4)[C@H]3C)s2)s1. The number of ether oxygens (including phenoxy) is 1. The fourth-order valence-electron chi connectivity index (χ4n) is 3.83. The smallest absolute Gasteiger partial charge is 0.273 e. The van der Waals surface area contributed by atoms with E-state index in [0.29, 0.717) is 17.2 Å². The van der Waals surface area contributed by atoms with Crippen LogP contribution in [0.25, 0.3) is 9.75 Å². The summed E-state index contributed by atoms with van der Waals surface area (Å²) in [4.78, 5) is 22.2. The fourth-order valence-corrected chi connectivity index (χ4v) is 5.54. The summed E-state index contributed by atoms with van der Waals surface area (Å²) in [5.74, 6) is 0.674. The Morgan fingerprint density at radius 2 is 2.08 bits per heavy atom. The highest BCUT2D eigenvalue weighted by atomic mass is 32.1. The normalized spacial score (nSPS) is 28.8. The van der Waals surface area contributed by atoms with E-state index >= 15 is 0 Å². The van der Waals surface area contributed by atoms with E-state index in [1.807, 2.05) is 12.1 Å². The molecule has 0 spiro atoms. The molecule has 2 aromatic heterocycles. The van der Waals surface area contributed by atoms with E-state index in [0.717, 1.165) is 14.6 Å². The Hall–Kier alpha value is -1.44. The van der Waals surface area contributed by atoms with Crippen molar-refractivity contribution >= 4 is 28.6 Å². The molecule has 3 aliphatic rings. The van der Waals surface area contributed by atoms with Crippen molar-refractivity contribution in [2.45, 2.75) is 31.8 Å². The molecule has 0 aliphatic carbocycles. The summed E-state index contributed by atoms with van der Waals surface area (Å²) in [6.07, 6.45) is 4.20. The largest absolute Gasteiger partial charge is 0.473 e. The number of hydrogen-bond acceptors (Lipinski definition) is 6. The van der Waals surface area contributed by atoms with Crippen molar-refractivity contribution in [3.8, 4) is 14.9 Å². The highest BCUT2D eigenvalue weighted by Crippen LogP contribution is 2.36. The van der Waals surface area contributed by atoms with E-state index in [9.17, 15) is 4.79 Å². The van der Waals surface area contributed by atoms with Gasteiger partial charge in [-0.1, -0.05) is 11.3 Å². The molecule has 1 amide bonds. The molecule has 3 fully saturated rings. The first-order valence-electron chi connectivity index (χ1n) is 8.30. The van der Waals surface area contributed by atoms with Crippen LogP contribution in [-0.4, -0.2) is 48.1 Å². The zero-order valence-electron chi connectivity index (χ0n) is 13.8. The van der Waals surface area contributed by atoms with Crippen LogP contribution in [0.3, 0.4) is 0 Å². The zero-order valence-corrected chi connectivity index (χ0v) is 15.5. The average molecular weight is 364 g/mol. The minimum Gasteiger partial charge on any atom is -0.473 e. The number of nitrogens with one attached hydrogen (secondary N) is 1. The molecular formula is C17H21N3O2S2. The summed E-state index contributed by atoms with van der Waals surface area (Å²) in [6.45, 7) is 4.59. The van der Waals surface area contributed by atoms with Gasteiger partial charge in [0.15, 0.2) is 0 Å². The molecule has 2 atom stereocenters. The third kappa shape index (κ3) is 2.85. The predicted octanol–water partition coefficient (Wildman–Crippen LogP) is 3.09. The number of carbonyl (C=O) groups is 1. The first-order chi connectivity index (χ1) is 11.7. The summed E-state index contributed by atoms with van der Waals surface area (Å²) >= 11 is 3.01. The van der Waals surface area contributed by atoms with E-state index in [1.165, 1.54) is 48.6 Å². The van der Waals surface area contributed by atoms with Gasteiger partial charge in [0.25, 0.3) is 11.1 Å². The maximum Gasteiger partial charge on any atom is 0.273 e. The summed E-state index contributed by atoms with van der Waals surface area (Å²) in [5.41, 5.74) is 0. The third-order valence-corrected chi connectivity index (χ3v) is 7.45. The number of piperidine rings is 3. The number of carbonyl (C=O) groups excluding carboxylic acids is 1. The molecule has 3 aliphatic heterocycles. The number of fused-ring (bicyclic) bond motifs is 3. The van der Waals surface area contributed by atoms with Crippen molar-refractivity contribution in [2.24, 2.45) is 5.92 Å². The molecule has 3 saturated heterocycles. The molecule has 7 heteroatoms. The number of amides is 1. The standard InChI is InChI=1S/C17H21N3O2S2/c1-10-15(11-5-7-20(10)8-6-11)19-16(21)13-4-3-12(23-13)14-9-18-17(22-2)24-14/h3-4,9-11,15H,5-8H2,1-2H3,(H,19,21)/t10-,15-/m0/s1. The van der Waals surface area contributed by atoms with Gasteiger partial charge in [0, 0.05) is 17.0 Å². The molecule has 0 saturated carbocycles. The van der Waals surface area contributed by atoms with Gasteiger partial charge in [0.05, 0.1) is 23.1 Å². The lowest BCUT2D eigenvalue weighted by Gasteiger charge is -2.49. The molecule has 1 N–H and O–H groups in total. The zero-order chi connectivity index (χ0) is 16.7. The number of thiazole rings is 1. The van der Waals surface area contributed by atoms with Crippen LogP contribution in [0, 0.1) is 5.92 Å². The Balaban J connectivity index is 1.47. The van der Waals surface area contributed by atoms with Gasteiger partial charge < -0.3 is 10.1 Å². The molecule has 0 radical (unpaired) electrons. The first-order valence-corrected chi connectivity index (χ1v) is 9.94. The van der Waals surface area contributed by atoms with E-state index in [-0.39, 0.29) is 11.9 Å². The average Bonchev–Trinajstić information content (AvgIpc) is 3.27. The van der Waals surface area contributed by atoms with E-state index in [2.05, 4.69) is 22.1 Å². The van der Waals surface area contributed by atoms with Crippen molar-refractivity contribution in [1.82, 2.24) is 15.2 Å². The maximum absolute atomic E-state index is 12.7. The highest BCUT2D eigenvalue weighted by Gasteiger charge is 2.40. The summed E-state index contributed by atoms with van der Waals surface area (Å²) in [7, 11) is 1.62. The lowest BCUT2D eigenvalue weighted by Crippen LogP contribution is -2.62. The number of aromatic nitrogens is 1. The number of thiophene rings is 1. The van der Waals surface area contributed by atoms with Crippen molar-refractivity contribution in [2.75, 3.05) is 20.2 Å². The Morgan fingerprint density at radius 1 is 1.29 bits per heavy atom. The predicted molar refractivity (Wildman–Crippen MR) is 97.0 cm³/mol. The molecule has 5 heterocycles. The van der Waals surface area contributed by atoms with Crippen LogP contribution >= 0.6 is 22.7 Å². The molecular weight excluding hydrogens is 342 g/mol. The van der Waals surface area contributed by atoms with Crippen LogP contribution in [0.1, 0.15) is 29.4 Å². The molecule has 0 unspecified atom stereocenters. The Labute approximate surface area is 149 Å². The van der Waals surface area contributed by atoms with Crippen LogP contribution in [0.5, 0.6) is 5.19 Å². The van der Waals surface area contributed by atoms with Crippen molar-refractivity contribution in [3.05, 3.63) is 23.2 Å².